The molecule has 6 rings (SSSR count). The lowest BCUT2D eigenvalue weighted by Crippen LogP contribution is -2.24. The highest BCUT2D eigenvalue weighted by Crippen LogP contribution is 2.46. The molecule has 2 aliphatic rings. The standard InChI is InChI=1S/C29H27FN2O3/c1-15(2)25-26(22-14-19(35-18-6-4-7-18)11-16-5-3-8-20(16)22)28(29(33)34)32-27(25)23-12-17(30)13-24-21(23)9-10-31-24/h3,8-15,18,31-32H,4-7H2,1-2H3,(H,33,34). The number of carbonyl (C=O) groups is 1. The molecule has 0 amide bonds. The van der Waals surface area contributed by atoms with Crippen LogP contribution in [0.5, 0.6) is 5.75 Å². The predicted octanol–water partition coefficient (Wildman–Crippen LogP) is 7.29. The maximum Gasteiger partial charge on any atom is 0.352 e. The van der Waals surface area contributed by atoms with Gasteiger partial charge in [0.25, 0.3) is 0 Å². The number of hydrogen-bond acceptors (Lipinski definition) is 2. The van der Waals surface area contributed by atoms with Crippen LogP contribution in [0.15, 0.2) is 42.6 Å². The number of carboxylic acid groups (broad SMARTS) is 1. The third kappa shape index (κ3) is 3.55. The molecule has 3 N–H and O–H groups in total. The zero-order valence-corrected chi connectivity index (χ0v) is 19.7. The second-order valence-electron chi connectivity index (χ2n) is 9.84. The summed E-state index contributed by atoms with van der Waals surface area (Å²) in [5.74, 6) is -0.660. The third-order valence-corrected chi connectivity index (χ3v) is 7.22. The minimum Gasteiger partial charge on any atom is -0.490 e. The SMILES string of the molecule is CC(C)c1c(-c2cc(F)cc3[nH]ccc23)[nH]c(C(=O)O)c1-c1cc(OC2CCC2)cc2c1C=CC2. The Labute approximate surface area is 202 Å². The number of carboxylic acids is 1. The first-order valence-electron chi connectivity index (χ1n) is 12.2. The smallest absolute Gasteiger partial charge is 0.352 e. The molecule has 0 saturated heterocycles. The largest absolute Gasteiger partial charge is 0.490 e. The first kappa shape index (κ1) is 21.7. The van der Waals surface area contributed by atoms with Crippen molar-refractivity contribution >= 4 is 22.9 Å². The lowest BCUT2D eigenvalue weighted by molar-refractivity contribution is 0.0692. The molecule has 0 bridgehead atoms. The maximum atomic E-state index is 14.6. The van der Waals surface area contributed by atoms with Crippen molar-refractivity contribution in [3.05, 3.63) is 70.8 Å². The molecule has 1 saturated carbocycles. The fraction of sp³-hybridized carbons (Fsp3) is 0.276. The highest BCUT2D eigenvalue weighted by atomic mass is 19.1. The minimum atomic E-state index is -1.05. The van der Waals surface area contributed by atoms with Gasteiger partial charge in [0.1, 0.15) is 17.3 Å². The lowest BCUT2D eigenvalue weighted by atomic mass is 9.87. The van der Waals surface area contributed by atoms with E-state index in [9.17, 15) is 14.3 Å². The summed E-state index contributed by atoms with van der Waals surface area (Å²) in [6.07, 6.45) is 10.2. The van der Waals surface area contributed by atoms with E-state index in [0.29, 0.717) is 22.3 Å². The van der Waals surface area contributed by atoms with Crippen LogP contribution in [0.4, 0.5) is 4.39 Å². The van der Waals surface area contributed by atoms with Gasteiger partial charge in [0.2, 0.25) is 0 Å². The molecule has 0 aliphatic heterocycles. The molecule has 4 aromatic rings. The monoisotopic (exact) mass is 470 g/mol. The Morgan fingerprint density at radius 3 is 2.71 bits per heavy atom. The van der Waals surface area contributed by atoms with Crippen molar-refractivity contribution in [3.63, 3.8) is 0 Å². The Balaban J connectivity index is 1.63. The number of H-pyrrole nitrogens is 2. The summed E-state index contributed by atoms with van der Waals surface area (Å²) in [6.45, 7) is 4.08. The van der Waals surface area contributed by atoms with E-state index in [-0.39, 0.29) is 23.5 Å². The van der Waals surface area contributed by atoms with E-state index in [4.69, 9.17) is 4.74 Å². The molecular weight excluding hydrogens is 443 g/mol. The average molecular weight is 471 g/mol. The topological polar surface area (TPSA) is 78.1 Å². The second kappa shape index (κ2) is 8.15. The van der Waals surface area contributed by atoms with Crippen molar-refractivity contribution in [2.75, 3.05) is 0 Å². The van der Waals surface area contributed by atoms with Crippen LogP contribution >= 0.6 is 0 Å². The first-order valence-corrected chi connectivity index (χ1v) is 12.2. The molecule has 0 atom stereocenters. The molecular formula is C29H27FN2O3. The van der Waals surface area contributed by atoms with Crippen molar-refractivity contribution < 1.29 is 19.0 Å². The molecule has 6 heteroatoms. The van der Waals surface area contributed by atoms with Gasteiger partial charge < -0.3 is 19.8 Å². The van der Waals surface area contributed by atoms with Gasteiger partial charge in [-0.1, -0.05) is 26.0 Å². The molecule has 0 unspecified atom stereocenters. The normalized spacial score (nSPS) is 15.1. The Kier molecular flexibility index (Phi) is 5.06. The van der Waals surface area contributed by atoms with Crippen molar-refractivity contribution in [1.29, 1.82) is 0 Å². The Bertz CT molecular complexity index is 1500. The van der Waals surface area contributed by atoms with Gasteiger partial charge in [-0.15, -0.1) is 0 Å². The maximum absolute atomic E-state index is 14.6. The molecule has 2 heterocycles. The molecule has 5 nitrogen and oxygen atoms in total. The lowest BCUT2D eigenvalue weighted by Gasteiger charge is -2.27. The number of ether oxygens (including phenoxy) is 1. The van der Waals surface area contributed by atoms with E-state index < -0.39 is 5.97 Å². The van der Waals surface area contributed by atoms with Crippen molar-refractivity contribution in [2.24, 2.45) is 0 Å². The van der Waals surface area contributed by atoms with E-state index in [2.05, 4.69) is 28.2 Å². The van der Waals surface area contributed by atoms with Gasteiger partial charge >= 0.3 is 5.97 Å². The minimum absolute atomic E-state index is 0.0150. The van der Waals surface area contributed by atoms with Crippen LogP contribution in [0.25, 0.3) is 39.4 Å². The third-order valence-electron chi connectivity index (χ3n) is 7.22. The number of allylic oxidation sites excluding steroid dienone is 1. The molecule has 2 aromatic carbocycles. The van der Waals surface area contributed by atoms with Crippen LogP contribution in [0, 0.1) is 5.82 Å². The van der Waals surface area contributed by atoms with Gasteiger partial charge in [0.05, 0.1) is 11.8 Å². The molecule has 0 radical (unpaired) electrons. The van der Waals surface area contributed by atoms with E-state index in [1.807, 2.05) is 26.0 Å². The summed E-state index contributed by atoms with van der Waals surface area (Å²) in [5, 5.41) is 11.1. The Morgan fingerprint density at radius 1 is 1.17 bits per heavy atom. The summed E-state index contributed by atoms with van der Waals surface area (Å²) >= 11 is 0. The fourth-order valence-corrected chi connectivity index (χ4v) is 5.39. The van der Waals surface area contributed by atoms with Gasteiger partial charge in [0.15, 0.2) is 0 Å². The summed E-state index contributed by atoms with van der Waals surface area (Å²) in [5.41, 5.74) is 6.57. The number of aromatic amines is 2. The second-order valence-corrected chi connectivity index (χ2v) is 9.84. The zero-order chi connectivity index (χ0) is 24.3. The number of aromatic nitrogens is 2. The van der Waals surface area contributed by atoms with E-state index in [1.165, 1.54) is 18.6 Å². The van der Waals surface area contributed by atoms with Crippen LogP contribution in [0.3, 0.4) is 0 Å². The van der Waals surface area contributed by atoms with Gasteiger partial charge in [-0.2, -0.15) is 0 Å². The average Bonchev–Trinajstić information content (AvgIpc) is 3.52. The van der Waals surface area contributed by atoms with Gasteiger partial charge in [-0.05, 0) is 84.2 Å². The number of halogens is 1. The fourth-order valence-electron chi connectivity index (χ4n) is 5.39. The van der Waals surface area contributed by atoms with Crippen LogP contribution in [-0.2, 0) is 6.42 Å². The van der Waals surface area contributed by atoms with E-state index in [0.717, 1.165) is 52.7 Å². The molecule has 2 aromatic heterocycles. The quantitative estimate of drug-likeness (QED) is 0.277. The highest BCUT2D eigenvalue weighted by molar-refractivity contribution is 6.03. The van der Waals surface area contributed by atoms with Crippen molar-refractivity contribution in [3.8, 4) is 28.1 Å². The number of hydrogen-bond donors (Lipinski definition) is 3. The highest BCUT2D eigenvalue weighted by Gasteiger charge is 2.30. The van der Waals surface area contributed by atoms with Crippen molar-refractivity contribution in [2.45, 2.75) is 51.6 Å². The summed E-state index contributed by atoms with van der Waals surface area (Å²) in [7, 11) is 0. The van der Waals surface area contributed by atoms with Crippen LogP contribution in [0.1, 0.15) is 66.2 Å². The molecule has 0 spiro atoms. The summed E-state index contributed by atoms with van der Waals surface area (Å²) in [4.78, 5) is 18.8. The number of fused-ring (bicyclic) bond motifs is 2. The van der Waals surface area contributed by atoms with E-state index >= 15 is 0 Å². The molecule has 2 aliphatic carbocycles. The van der Waals surface area contributed by atoms with E-state index in [1.54, 1.807) is 6.20 Å². The number of nitrogens with one attached hydrogen (secondary N) is 2. The molecule has 1 fully saturated rings. The molecule has 35 heavy (non-hydrogen) atoms. The Hall–Kier alpha value is -3.80. The van der Waals surface area contributed by atoms with Crippen LogP contribution < -0.4 is 4.74 Å². The van der Waals surface area contributed by atoms with Gasteiger partial charge in [0, 0.05) is 28.2 Å². The molecule has 178 valence electrons. The number of aromatic carboxylic acids is 1. The summed E-state index contributed by atoms with van der Waals surface area (Å²) in [6, 6.07) is 8.88. The zero-order valence-electron chi connectivity index (χ0n) is 19.7. The van der Waals surface area contributed by atoms with Gasteiger partial charge in [-0.25, -0.2) is 9.18 Å². The predicted molar refractivity (Wildman–Crippen MR) is 136 cm³/mol. The number of rotatable bonds is 6. The number of benzene rings is 2. The van der Waals surface area contributed by atoms with Crippen molar-refractivity contribution in [1.82, 2.24) is 9.97 Å². The van der Waals surface area contributed by atoms with Crippen LogP contribution in [-0.4, -0.2) is 27.1 Å². The van der Waals surface area contributed by atoms with Crippen LogP contribution in [0.2, 0.25) is 0 Å². The summed E-state index contributed by atoms with van der Waals surface area (Å²) < 4.78 is 20.9. The van der Waals surface area contributed by atoms with Gasteiger partial charge in [-0.3, -0.25) is 0 Å². The Morgan fingerprint density at radius 2 is 2.00 bits per heavy atom. The first-order chi connectivity index (χ1) is 16.9.